The number of carbonyl (C=O) groups is 2. The molecule has 0 aliphatic carbocycles. The average Bonchev–Trinajstić information content (AvgIpc) is 3.01. The number of amidine groups is 1. The second-order valence-corrected chi connectivity index (χ2v) is 6.99. The Kier molecular flexibility index (Phi) is 6.38. The van der Waals surface area contributed by atoms with Crippen molar-refractivity contribution in [3.05, 3.63) is 65.5 Å². The van der Waals surface area contributed by atoms with Gasteiger partial charge in [-0.15, -0.1) is 5.10 Å². The summed E-state index contributed by atoms with van der Waals surface area (Å²) >= 11 is 1.03. The molecule has 1 amide bonds. The van der Waals surface area contributed by atoms with Crippen LogP contribution in [-0.4, -0.2) is 33.6 Å². The number of benzene rings is 2. The third-order valence-corrected chi connectivity index (χ3v) is 4.78. The van der Waals surface area contributed by atoms with E-state index in [-0.39, 0.29) is 24.0 Å². The monoisotopic (exact) mass is 401 g/mol. The molecule has 3 rings (SSSR count). The summed E-state index contributed by atoms with van der Waals surface area (Å²) in [4.78, 5) is 22.4. The predicted molar refractivity (Wildman–Crippen MR) is 104 cm³/mol. The minimum atomic E-state index is -1.05. The van der Waals surface area contributed by atoms with Gasteiger partial charge in [-0.05, 0) is 29.8 Å². The van der Waals surface area contributed by atoms with Gasteiger partial charge in [0.2, 0.25) is 5.91 Å². The molecular formula is C19H16FN3O4S. The van der Waals surface area contributed by atoms with Crippen LogP contribution in [0.3, 0.4) is 0 Å². The SMILES string of the molecule is O=C(O)C[C@H]1S/C(=N\N=C/c2ccccc2OCc2ccc(F)cc2)NC1=O. The third kappa shape index (κ3) is 5.40. The minimum absolute atomic E-state index is 0.247. The van der Waals surface area contributed by atoms with Crippen LogP contribution in [0.15, 0.2) is 58.7 Å². The number of halogens is 1. The van der Waals surface area contributed by atoms with E-state index in [2.05, 4.69) is 15.5 Å². The molecule has 0 aromatic heterocycles. The van der Waals surface area contributed by atoms with E-state index in [1.54, 1.807) is 24.3 Å². The maximum atomic E-state index is 13.0. The fourth-order valence-corrected chi connectivity index (χ4v) is 3.26. The fourth-order valence-electron chi connectivity index (χ4n) is 2.35. The molecule has 1 atom stereocenters. The van der Waals surface area contributed by atoms with Crippen LogP contribution in [0.2, 0.25) is 0 Å². The van der Waals surface area contributed by atoms with Crippen molar-refractivity contribution in [1.29, 1.82) is 0 Å². The average molecular weight is 401 g/mol. The van der Waals surface area contributed by atoms with Crippen LogP contribution < -0.4 is 10.1 Å². The maximum absolute atomic E-state index is 13.0. The van der Waals surface area contributed by atoms with Gasteiger partial charge >= 0.3 is 5.97 Å². The van der Waals surface area contributed by atoms with E-state index in [4.69, 9.17) is 9.84 Å². The number of carboxylic acids is 1. The third-order valence-electron chi connectivity index (χ3n) is 3.71. The number of hydrogen-bond acceptors (Lipinski definition) is 6. The number of para-hydroxylation sites is 1. The highest BCUT2D eigenvalue weighted by atomic mass is 32.2. The van der Waals surface area contributed by atoms with Crippen LogP contribution in [0.5, 0.6) is 5.75 Å². The molecule has 9 heteroatoms. The van der Waals surface area contributed by atoms with Crippen molar-refractivity contribution in [3.63, 3.8) is 0 Å². The number of ether oxygens (including phenoxy) is 1. The van der Waals surface area contributed by atoms with E-state index in [1.165, 1.54) is 18.3 Å². The molecule has 144 valence electrons. The molecule has 1 aliphatic heterocycles. The standard InChI is InChI=1S/C19H16FN3O4S/c20-14-7-5-12(6-8-14)11-27-15-4-2-1-3-13(15)10-21-23-19-22-18(26)16(28-19)9-17(24)25/h1-8,10,16H,9,11H2,(H,24,25)(H,22,23,26)/b21-10-/t16-/m1/s1. The lowest BCUT2D eigenvalue weighted by Gasteiger charge is -2.08. The van der Waals surface area contributed by atoms with Gasteiger partial charge in [-0.1, -0.05) is 36.0 Å². The molecule has 0 unspecified atom stereocenters. The second-order valence-electron chi connectivity index (χ2n) is 5.80. The topological polar surface area (TPSA) is 100 Å². The second kappa shape index (κ2) is 9.14. The Labute approximate surface area is 164 Å². The van der Waals surface area contributed by atoms with E-state index in [0.29, 0.717) is 11.3 Å². The van der Waals surface area contributed by atoms with E-state index in [9.17, 15) is 14.0 Å². The van der Waals surface area contributed by atoms with Gasteiger partial charge in [-0.2, -0.15) is 5.10 Å². The molecule has 28 heavy (non-hydrogen) atoms. The number of aliphatic carboxylic acids is 1. The van der Waals surface area contributed by atoms with Gasteiger partial charge in [0.25, 0.3) is 0 Å². The predicted octanol–water partition coefficient (Wildman–Crippen LogP) is 2.80. The molecule has 2 aromatic rings. The summed E-state index contributed by atoms with van der Waals surface area (Å²) in [5.74, 6) is -1.19. The van der Waals surface area contributed by atoms with Crippen LogP contribution >= 0.6 is 11.8 Å². The zero-order valence-corrected chi connectivity index (χ0v) is 15.4. The lowest BCUT2D eigenvalue weighted by Crippen LogP contribution is -2.26. The molecule has 1 heterocycles. The highest BCUT2D eigenvalue weighted by Crippen LogP contribution is 2.22. The highest BCUT2D eigenvalue weighted by molar-refractivity contribution is 8.15. The lowest BCUT2D eigenvalue weighted by molar-refractivity contribution is -0.138. The molecule has 2 N–H and O–H groups in total. The van der Waals surface area contributed by atoms with E-state index in [1.807, 2.05) is 12.1 Å². The summed E-state index contributed by atoms with van der Waals surface area (Å²) in [6, 6.07) is 13.2. The molecule has 1 fully saturated rings. The Hall–Kier alpha value is -3.20. The number of hydrogen-bond donors (Lipinski definition) is 2. The number of thioether (sulfide) groups is 1. The zero-order chi connectivity index (χ0) is 19.9. The fraction of sp³-hybridized carbons (Fsp3) is 0.158. The number of nitrogens with zero attached hydrogens (tertiary/aromatic N) is 2. The first-order valence-electron chi connectivity index (χ1n) is 8.28. The van der Waals surface area contributed by atoms with Crippen molar-refractivity contribution in [3.8, 4) is 5.75 Å². The summed E-state index contributed by atoms with van der Waals surface area (Å²) in [7, 11) is 0. The van der Waals surface area contributed by atoms with Gasteiger partial charge in [0.1, 0.15) is 23.4 Å². The molecule has 0 saturated carbocycles. The molecule has 7 nitrogen and oxygen atoms in total. The van der Waals surface area contributed by atoms with Crippen molar-refractivity contribution < 1.29 is 23.8 Å². The molecular weight excluding hydrogens is 385 g/mol. The number of carbonyl (C=O) groups excluding carboxylic acids is 1. The summed E-state index contributed by atoms with van der Waals surface area (Å²) < 4.78 is 18.7. The Morgan fingerprint density at radius 3 is 2.75 bits per heavy atom. The number of carboxylic acid groups (broad SMARTS) is 1. The van der Waals surface area contributed by atoms with Crippen molar-refractivity contribution in [1.82, 2.24) is 5.32 Å². The summed E-state index contributed by atoms with van der Waals surface area (Å²) in [6.07, 6.45) is 1.20. The molecule has 0 bridgehead atoms. The van der Waals surface area contributed by atoms with Crippen LogP contribution in [0, 0.1) is 5.82 Å². The number of amides is 1. The van der Waals surface area contributed by atoms with Gasteiger partial charge in [0, 0.05) is 5.56 Å². The van der Waals surface area contributed by atoms with Gasteiger partial charge in [-0.3, -0.25) is 9.59 Å². The van der Waals surface area contributed by atoms with Crippen molar-refractivity contribution >= 4 is 35.0 Å². The zero-order valence-electron chi connectivity index (χ0n) is 14.5. The van der Waals surface area contributed by atoms with Crippen LogP contribution in [-0.2, 0) is 16.2 Å². The van der Waals surface area contributed by atoms with Gasteiger partial charge in [0.05, 0.1) is 12.6 Å². The Morgan fingerprint density at radius 1 is 1.25 bits per heavy atom. The van der Waals surface area contributed by atoms with Crippen LogP contribution in [0.1, 0.15) is 17.5 Å². The van der Waals surface area contributed by atoms with E-state index in [0.717, 1.165) is 17.3 Å². The Bertz CT molecular complexity index is 931. The molecule has 1 aliphatic rings. The van der Waals surface area contributed by atoms with Crippen molar-refractivity contribution in [2.75, 3.05) is 0 Å². The van der Waals surface area contributed by atoms with E-state index < -0.39 is 17.1 Å². The van der Waals surface area contributed by atoms with Gasteiger partial charge in [-0.25, -0.2) is 4.39 Å². The normalized spacial score (nSPS) is 17.8. The minimum Gasteiger partial charge on any atom is -0.488 e. The van der Waals surface area contributed by atoms with Gasteiger partial charge < -0.3 is 15.2 Å². The number of rotatable bonds is 7. The van der Waals surface area contributed by atoms with E-state index >= 15 is 0 Å². The summed E-state index contributed by atoms with van der Waals surface area (Å²) in [5, 5.41) is 18.7. The molecule has 0 spiro atoms. The first kappa shape index (κ1) is 19.6. The smallest absolute Gasteiger partial charge is 0.305 e. The largest absolute Gasteiger partial charge is 0.488 e. The lowest BCUT2D eigenvalue weighted by atomic mass is 10.2. The Morgan fingerprint density at radius 2 is 2.00 bits per heavy atom. The maximum Gasteiger partial charge on any atom is 0.305 e. The highest BCUT2D eigenvalue weighted by Gasteiger charge is 2.32. The first-order chi connectivity index (χ1) is 13.5. The first-order valence-corrected chi connectivity index (χ1v) is 9.16. The quantitative estimate of drug-likeness (QED) is 0.549. The molecule has 0 radical (unpaired) electrons. The van der Waals surface area contributed by atoms with Crippen molar-refractivity contribution in [2.45, 2.75) is 18.3 Å². The number of nitrogens with one attached hydrogen (secondary N) is 1. The van der Waals surface area contributed by atoms with Crippen molar-refractivity contribution in [2.24, 2.45) is 10.2 Å². The summed E-state index contributed by atoms with van der Waals surface area (Å²) in [6.45, 7) is 0.266. The van der Waals surface area contributed by atoms with Crippen LogP contribution in [0.4, 0.5) is 4.39 Å². The summed E-state index contributed by atoms with van der Waals surface area (Å²) in [5.41, 5.74) is 1.49. The van der Waals surface area contributed by atoms with Crippen LogP contribution in [0.25, 0.3) is 0 Å². The Balaban J connectivity index is 1.63. The molecule has 2 aromatic carbocycles. The molecule has 1 saturated heterocycles. The van der Waals surface area contributed by atoms with Gasteiger partial charge in [0.15, 0.2) is 5.17 Å².